The maximum Gasteiger partial charge on any atom is 0.325 e. The highest BCUT2D eigenvalue weighted by atomic mass is 35.5. The van der Waals surface area contributed by atoms with E-state index in [2.05, 4.69) is 15.1 Å². The minimum absolute atomic E-state index is 0.297. The average Bonchev–Trinajstić information content (AvgIpc) is 3.49. The van der Waals surface area contributed by atoms with Crippen molar-refractivity contribution in [2.24, 2.45) is 5.92 Å². The van der Waals surface area contributed by atoms with Crippen molar-refractivity contribution in [3.63, 3.8) is 0 Å². The SMILES string of the molecule is O=C(O)Cn1nc(Cc2nc3cc(OCC4CC4)c(Cl)cc3[nH]2)c2c(c1=O)CCCC2. The third-order valence-electron chi connectivity index (χ3n) is 5.93. The highest BCUT2D eigenvalue weighted by Gasteiger charge is 2.24. The first-order chi connectivity index (χ1) is 15.0. The smallest absolute Gasteiger partial charge is 0.325 e. The van der Waals surface area contributed by atoms with Gasteiger partial charge in [-0.3, -0.25) is 9.59 Å². The number of benzene rings is 1. The van der Waals surface area contributed by atoms with Gasteiger partial charge in [-0.05, 0) is 56.1 Å². The molecule has 0 saturated heterocycles. The molecule has 2 aliphatic rings. The number of rotatable bonds is 7. The Bertz CT molecular complexity index is 1230. The summed E-state index contributed by atoms with van der Waals surface area (Å²) in [6, 6.07) is 3.65. The van der Waals surface area contributed by atoms with E-state index in [0.29, 0.717) is 53.2 Å². The number of halogens is 1. The fraction of sp³-hybridized carbons (Fsp3) is 0.455. The van der Waals surface area contributed by atoms with Gasteiger partial charge >= 0.3 is 5.97 Å². The molecule has 0 unspecified atom stereocenters. The predicted molar refractivity (Wildman–Crippen MR) is 115 cm³/mol. The molecule has 2 aromatic heterocycles. The molecule has 1 saturated carbocycles. The summed E-state index contributed by atoms with van der Waals surface area (Å²) in [5.41, 5.74) is 3.57. The van der Waals surface area contributed by atoms with Crippen molar-refractivity contribution in [1.29, 1.82) is 0 Å². The first-order valence-electron chi connectivity index (χ1n) is 10.6. The van der Waals surface area contributed by atoms with E-state index in [4.69, 9.17) is 21.4 Å². The van der Waals surface area contributed by atoms with E-state index in [0.717, 1.165) is 40.5 Å². The lowest BCUT2D eigenvalue weighted by Crippen LogP contribution is -2.33. The van der Waals surface area contributed by atoms with Gasteiger partial charge in [0.05, 0.1) is 34.8 Å². The third-order valence-corrected chi connectivity index (χ3v) is 6.22. The van der Waals surface area contributed by atoms with E-state index in [1.54, 1.807) is 0 Å². The second kappa shape index (κ2) is 8.00. The molecule has 0 bridgehead atoms. The van der Waals surface area contributed by atoms with Gasteiger partial charge in [0.15, 0.2) is 0 Å². The Labute approximate surface area is 183 Å². The molecule has 162 valence electrons. The van der Waals surface area contributed by atoms with Crippen LogP contribution in [0.25, 0.3) is 11.0 Å². The van der Waals surface area contributed by atoms with Crippen molar-refractivity contribution in [3.05, 3.63) is 50.2 Å². The third kappa shape index (κ3) is 4.17. The first kappa shape index (κ1) is 20.1. The largest absolute Gasteiger partial charge is 0.492 e. The normalized spacial score (nSPS) is 15.8. The topological polar surface area (TPSA) is 110 Å². The van der Waals surface area contributed by atoms with Crippen molar-refractivity contribution in [3.8, 4) is 5.75 Å². The van der Waals surface area contributed by atoms with Gasteiger partial charge < -0.3 is 14.8 Å². The number of aromatic amines is 1. The number of carbonyl (C=O) groups is 1. The van der Waals surface area contributed by atoms with Gasteiger partial charge in [0.25, 0.3) is 5.56 Å². The summed E-state index contributed by atoms with van der Waals surface area (Å²) < 4.78 is 6.91. The summed E-state index contributed by atoms with van der Waals surface area (Å²) in [4.78, 5) is 31.8. The maximum atomic E-state index is 12.7. The Morgan fingerprint density at radius 1 is 1.26 bits per heavy atom. The Balaban J connectivity index is 1.48. The zero-order valence-corrected chi connectivity index (χ0v) is 17.7. The van der Waals surface area contributed by atoms with Crippen molar-refractivity contribution in [1.82, 2.24) is 19.7 Å². The Morgan fingerprint density at radius 3 is 2.77 bits per heavy atom. The Kier molecular flexibility index (Phi) is 5.17. The van der Waals surface area contributed by atoms with Crippen molar-refractivity contribution in [2.45, 2.75) is 51.5 Å². The summed E-state index contributed by atoms with van der Waals surface area (Å²) in [5.74, 6) is 0.851. The minimum atomic E-state index is -1.09. The van der Waals surface area contributed by atoms with Gasteiger partial charge in [-0.15, -0.1) is 0 Å². The molecule has 8 nitrogen and oxygen atoms in total. The summed E-state index contributed by atoms with van der Waals surface area (Å²) in [6.07, 6.45) is 6.12. The highest BCUT2D eigenvalue weighted by Crippen LogP contribution is 2.33. The molecule has 1 aromatic carbocycles. The van der Waals surface area contributed by atoms with Gasteiger partial charge in [0, 0.05) is 11.6 Å². The molecule has 5 rings (SSSR count). The fourth-order valence-electron chi connectivity index (χ4n) is 4.15. The first-order valence-corrected chi connectivity index (χ1v) is 11.0. The molecule has 1 fully saturated rings. The second-order valence-electron chi connectivity index (χ2n) is 8.38. The lowest BCUT2D eigenvalue weighted by Gasteiger charge is -2.19. The molecule has 0 aliphatic heterocycles. The molecule has 9 heteroatoms. The van der Waals surface area contributed by atoms with Crippen molar-refractivity contribution >= 4 is 28.6 Å². The zero-order chi connectivity index (χ0) is 21.5. The molecule has 3 aromatic rings. The van der Waals surface area contributed by atoms with Crippen LogP contribution in [0.15, 0.2) is 16.9 Å². The van der Waals surface area contributed by atoms with Crippen molar-refractivity contribution < 1.29 is 14.6 Å². The predicted octanol–water partition coefficient (Wildman–Crippen LogP) is 3.12. The molecule has 2 aliphatic carbocycles. The Hall–Kier alpha value is -2.87. The number of nitrogens with zero attached hydrogens (tertiary/aromatic N) is 3. The number of hydrogen-bond donors (Lipinski definition) is 2. The van der Waals surface area contributed by atoms with Crippen LogP contribution in [0.1, 0.15) is 48.3 Å². The van der Waals surface area contributed by atoms with E-state index in [1.807, 2.05) is 12.1 Å². The number of carboxylic acid groups (broad SMARTS) is 1. The van der Waals surface area contributed by atoms with Gasteiger partial charge in [-0.25, -0.2) is 9.67 Å². The number of aromatic nitrogens is 4. The molecule has 0 atom stereocenters. The monoisotopic (exact) mass is 442 g/mol. The number of H-pyrrole nitrogens is 1. The summed E-state index contributed by atoms with van der Waals surface area (Å²) >= 11 is 6.38. The fourth-order valence-corrected chi connectivity index (χ4v) is 4.37. The highest BCUT2D eigenvalue weighted by molar-refractivity contribution is 6.32. The van der Waals surface area contributed by atoms with Gasteiger partial charge in [0.1, 0.15) is 18.1 Å². The summed E-state index contributed by atoms with van der Waals surface area (Å²) in [6.45, 7) is 0.222. The standard InChI is InChI=1S/C22H23ClN4O4/c23-15-7-17-18(8-19(15)31-11-12-5-6-12)25-20(24-17)9-16-13-3-1-2-4-14(13)22(30)27(26-16)10-21(28)29/h7-8,12H,1-6,9-11H2,(H,24,25)(H,28,29). The van der Waals surface area contributed by atoms with Crippen LogP contribution in [0, 0.1) is 5.92 Å². The minimum Gasteiger partial charge on any atom is -0.492 e. The number of ether oxygens (including phenoxy) is 1. The van der Waals surface area contributed by atoms with E-state index < -0.39 is 12.5 Å². The number of fused-ring (bicyclic) bond motifs is 2. The number of carboxylic acids is 1. The van der Waals surface area contributed by atoms with Crippen LogP contribution in [-0.2, 0) is 30.6 Å². The molecule has 0 radical (unpaired) electrons. The van der Waals surface area contributed by atoms with Gasteiger partial charge in [-0.1, -0.05) is 11.6 Å². The second-order valence-corrected chi connectivity index (χ2v) is 8.79. The van der Waals surface area contributed by atoms with Gasteiger partial charge in [-0.2, -0.15) is 5.10 Å². The van der Waals surface area contributed by atoms with E-state index in [-0.39, 0.29) is 5.56 Å². The molecule has 2 N–H and O–H groups in total. The average molecular weight is 443 g/mol. The van der Waals surface area contributed by atoms with Crippen molar-refractivity contribution in [2.75, 3.05) is 6.61 Å². The molecule has 0 spiro atoms. The number of imidazole rings is 1. The van der Waals surface area contributed by atoms with Crippen LogP contribution in [0.3, 0.4) is 0 Å². The van der Waals surface area contributed by atoms with Crippen LogP contribution in [-0.4, -0.2) is 37.4 Å². The maximum absolute atomic E-state index is 12.7. The molecular weight excluding hydrogens is 420 g/mol. The van der Waals surface area contributed by atoms with Crippen LogP contribution in [0.4, 0.5) is 0 Å². The molecule has 2 heterocycles. The van der Waals surface area contributed by atoms with Crippen LogP contribution >= 0.6 is 11.6 Å². The van der Waals surface area contributed by atoms with Crippen LogP contribution in [0.2, 0.25) is 5.02 Å². The quantitative estimate of drug-likeness (QED) is 0.581. The van der Waals surface area contributed by atoms with Crippen LogP contribution in [0.5, 0.6) is 5.75 Å². The van der Waals surface area contributed by atoms with Crippen LogP contribution < -0.4 is 10.3 Å². The lowest BCUT2D eigenvalue weighted by molar-refractivity contribution is -0.138. The molecule has 31 heavy (non-hydrogen) atoms. The number of nitrogens with one attached hydrogen (secondary N) is 1. The summed E-state index contributed by atoms with van der Waals surface area (Å²) in [5, 5.41) is 14.1. The zero-order valence-electron chi connectivity index (χ0n) is 17.0. The lowest BCUT2D eigenvalue weighted by atomic mass is 9.91. The Morgan fingerprint density at radius 2 is 2.03 bits per heavy atom. The number of hydrogen-bond acceptors (Lipinski definition) is 5. The number of aliphatic carboxylic acids is 1. The van der Waals surface area contributed by atoms with E-state index in [9.17, 15) is 9.59 Å². The van der Waals surface area contributed by atoms with E-state index >= 15 is 0 Å². The van der Waals surface area contributed by atoms with E-state index in [1.165, 1.54) is 12.8 Å². The summed E-state index contributed by atoms with van der Waals surface area (Å²) in [7, 11) is 0. The van der Waals surface area contributed by atoms with Gasteiger partial charge in [0.2, 0.25) is 0 Å². The molecule has 0 amide bonds. The molecular formula is C22H23ClN4O4.